The molecule has 0 spiro atoms. The van der Waals surface area contributed by atoms with Crippen LogP contribution in [0.4, 0.5) is 0 Å². The monoisotopic (exact) mass is 340 g/mol. The van der Waals surface area contributed by atoms with Crippen molar-refractivity contribution in [3.8, 4) is 16.3 Å². The summed E-state index contributed by atoms with van der Waals surface area (Å²) < 4.78 is 5.70. The van der Waals surface area contributed by atoms with Crippen LogP contribution in [0.25, 0.3) is 10.6 Å². The summed E-state index contributed by atoms with van der Waals surface area (Å²) in [5.41, 5.74) is 1.05. The fourth-order valence-corrected chi connectivity index (χ4v) is 2.90. The van der Waals surface area contributed by atoms with E-state index in [0.717, 1.165) is 27.7 Å². The van der Waals surface area contributed by atoms with Crippen LogP contribution in [-0.2, 0) is 0 Å². The molecule has 0 aliphatic rings. The molecule has 0 saturated heterocycles. The van der Waals surface area contributed by atoms with Crippen LogP contribution in [0.1, 0.15) is 37.0 Å². The van der Waals surface area contributed by atoms with E-state index in [-0.39, 0.29) is 10.9 Å². The summed E-state index contributed by atoms with van der Waals surface area (Å²) in [5.74, 6) is 0.870. The largest absolute Gasteiger partial charge is 0.491 e. The van der Waals surface area contributed by atoms with Crippen molar-refractivity contribution in [2.75, 3.05) is 0 Å². The maximum Gasteiger partial charge on any atom is 0.147 e. The van der Waals surface area contributed by atoms with Gasteiger partial charge in [-0.25, -0.2) is 0 Å². The third-order valence-corrected chi connectivity index (χ3v) is 4.99. The Kier molecular flexibility index (Phi) is 4.93. The summed E-state index contributed by atoms with van der Waals surface area (Å²) in [6, 6.07) is 8.00. The lowest BCUT2D eigenvalue weighted by Gasteiger charge is -2.09. The molecule has 102 valence electrons. The van der Waals surface area contributed by atoms with E-state index < -0.39 is 0 Å². The Morgan fingerprint density at radius 1 is 1.32 bits per heavy atom. The summed E-state index contributed by atoms with van der Waals surface area (Å²) in [5, 5.41) is 10.4. The summed E-state index contributed by atoms with van der Waals surface area (Å²) >= 11 is 5.22. The molecule has 0 saturated carbocycles. The molecule has 1 heterocycles. The van der Waals surface area contributed by atoms with Gasteiger partial charge in [-0.15, -0.1) is 10.2 Å². The van der Waals surface area contributed by atoms with E-state index in [1.54, 1.807) is 11.3 Å². The molecule has 1 aromatic carbocycles. The lowest BCUT2D eigenvalue weighted by atomic mass is 10.2. The second-order valence-electron chi connectivity index (χ2n) is 4.52. The predicted molar refractivity (Wildman–Crippen MR) is 83.1 cm³/mol. The molecule has 0 amide bonds. The highest BCUT2D eigenvalue weighted by Crippen LogP contribution is 2.33. The van der Waals surface area contributed by atoms with Crippen LogP contribution in [0.5, 0.6) is 5.75 Å². The molecule has 0 aliphatic carbocycles. The maximum absolute atomic E-state index is 5.70. The highest BCUT2D eigenvalue weighted by atomic mass is 79.9. The van der Waals surface area contributed by atoms with Crippen LogP contribution in [0, 0.1) is 0 Å². The first-order valence-corrected chi connectivity index (χ1v) is 8.08. The van der Waals surface area contributed by atoms with E-state index in [9.17, 15) is 0 Å². The number of aromatic nitrogens is 2. The molecular formula is C14H17BrN2OS. The fourth-order valence-electron chi connectivity index (χ4n) is 1.63. The minimum absolute atomic E-state index is 0.173. The number of halogens is 1. The predicted octanol–water partition coefficient (Wildman–Crippen LogP) is 4.84. The maximum atomic E-state index is 5.70. The first-order valence-electron chi connectivity index (χ1n) is 6.34. The average Bonchev–Trinajstić information content (AvgIpc) is 2.87. The van der Waals surface area contributed by atoms with E-state index in [2.05, 4.69) is 33.1 Å². The number of rotatable bonds is 5. The normalized spacial score (nSPS) is 12.7. The van der Waals surface area contributed by atoms with Crippen LogP contribution >= 0.6 is 27.3 Å². The summed E-state index contributed by atoms with van der Waals surface area (Å²) in [7, 11) is 0. The van der Waals surface area contributed by atoms with Crippen LogP contribution in [0.3, 0.4) is 0 Å². The van der Waals surface area contributed by atoms with E-state index in [0.29, 0.717) is 0 Å². The van der Waals surface area contributed by atoms with Gasteiger partial charge in [-0.05, 0) is 32.4 Å². The molecule has 0 aliphatic heterocycles. The molecule has 1 aromatic heterocycles. The smallest absolute Gasteiger partial charge is 0.147 e. The minimum Gasteiger partial charge on any atom is -0.491 e. The zero-order valence-corrected chi connectivity index (χ0v) is 13.7. The molecule has 2 aromatic rings. The molecule has 19 heavy (non-hydrogen) atoms. The second-order valence-corrected chi connectivity index (χ2v) is 6.63. The summed E-state index contributed by atoms with van der Waals surface area (Å²) in [4.78, 5) is 0.286. The molecule has 1 unspecified atom stereocenters. The van der Waals surface area contributed by atoms with Gasteiger partial charge in [0, 0.05) is 5.56 Å². The molecule has 0 radical (unpaired) electrons. The Labute approximate surface area is 126 Å². The van der Waals surface area contributed by atoms with Crippen molar-refractivity contribution in [3.05, 3.63) is 29.3 Å². The van der Waals surface area contributed by atoms with Gasteiger partial charge in [-0.3, -0.25) is 0 Å². The van der Waals surface area contributed by atoms with E-state index in [1.807, 2.05) is 38.1 Å². The number of ether oxygens (including phenoxy) is 1. The van der Waals surface area contributed by atoms with Gasteiger partial charge in [0.1, 0.15) is 15.8 Å². The van der Waals surface area contributed by atoms with Gasteiger partial charge >= 0.3 is 0 Å². The van der Waals surface area contributed by atoms with Crippen molar-refractivity contribution >= 4 is 27.3 Å². The van der Waals surface area contributed by atoms with Crippen LogP contribution in [0.2, 0.25) is 0 Å². The second kappa shape index (κ2) is 6.48. The Morgan fingerprint density at radius 3 is 2.79 bits per heavy atom. The van der Waals surface area contributed by atoms with Gasteiger partial charge < -0.3 is 4.74 Å². The van der Waals surface area contributed by atoms with E-state index in [1.165, 1.54) is 0 Å². The van der Waals surface area contributed by atoms with E-state index >= 15 is 0 Å². The van der Waals surface area contributed by atoms with Gasteiger partial charge in [-0.1, -0.05) is 46.3 Å². The highest BCUT2D eigenvalue weighted by Gasteiger charge is 2.13. The molecule has 2 rings (SSSR count). The lowest BCUT2D eigenvalue weighted by molar-refractivity contribution is 0.242. The summed E-state index contributed by atoms with van der Waals surface area (Å²) in [6.07, 6.45) is 1.18. The zero-order chi connectivity index (χ0) is 13.8. The number of nitrogens with zero attached hydrogens (tertiary/aromatic N) is 2. The molecule has 0 fully saturated rings. The van der Waals surface area contributed by atoms with Crippen LogP contribution < -0.4 is 4.74 Å². The molecule has 1 atom stereocenters. The SMILES string of the molecule is CCC(Br)c1nnc(-c2cccc(OC(C)C)c2)s1. The van der Waals surface area contributed by atoms with Crippen molar-refractivity contribution in [1.29, 1.82) is 0 Å². The van der Waals surface area contributed by atoms with Gasteiger partial charge in [0.25, 0.3) is 0 Å². The topological polar surface area (TPSA) is 35.0 Å². The molecule has 5 heteroatoms. The van der Waals surface area contributed by atoms with Gasteiger partial charge in [0.05, 0.1) is 10.9 Å². The Hall–Kier alpha value is -0.940. The fraction of sp³-hybridized carbons (Fsp3) is 0.429. The minimum atomic E-state index is 0.173. The first kappa shape index (κ1) is 14.5. The van der Waals surface area contributed by atoms with Gasteiger partial charge in [0.15, 0.2) is 0 Å². The van der Waals surface area contributed by atoms with Gasteiger partial charge in [0.2, 0.25) is 0 Å². The first-order chi connectivity index (χ1) is 9.10. The number of hydrogen-bond donors (Lipinski definition) is 0. The third kappa shape index (κ3) is 3.76. The average molecular weight is 341 g/mol. The standard InChI is InChI=1S/C14H17BrN2OS/c1-4-12(15)14-17-16-13(19-14)10-6-5-7-11(8-10)18-9(2)3/h5-9,12H,4H2,1-3H3. The van der Waals surface area contributed by atoms with Crippen molar-refractivity contribution in [2.24, 2.45) is 0 Å². The van der Waals surface area contributed by atoms with E-state index in [4.69, 9.17) is 4.74 Å². The third-order valence-electron chi connectivity index (χ3n) is 2.52. The lowest BCUT2D eigenvalue weighted by Crippen LogP contribution is -2.05. The van der Waals surface area contributed by atoms with Crippen molar-refractivity contribution in [1.82, 2.24) is 10.2 Å². The van der Waals surface area contributed by atoms with Crippen LogP contribution in [-0.4, -0.2) is 16.3 Å². The molecule has 0 bridgehead atoms. The van der Waals surface area contributed by atoms with Gasteiger partial charge in [-0.2, -0.15) is 0 Å². The van der Waals surface area contributed by atoms with Crippen molar-refractivity contribution in [3.63, 3.8) is 0 Å². The Bertz CT molecular complexity index is 542. The Balaban J connectivity index is 2.24. The van der Waals surface area contributed by atoms with Crippen molar-refractivity contribution < 1.29 is 4.74 Å². The van der Waals surface area contributed by atoms with Crippen molar-refractivity contribution in [2.45, 2.75) is 38.1 Å². The zero-order valence-electron chi connectivity index (χ0n) is 11.3. The number of benzene rings is 1. The number of hydrogen-bond acceptors (Lipinski definition) is 4. The molecular weight excluding hydrogens is 324 g/mol. The Morgan fingerprint density at radius 2 is 2.11 bits per heavy atom. The molecule has 3 nitrogen and oxygen atoms in total. The summed E-state index contributed by atoms with van der Waals surface area (Å²) in [6.45, 7) is 6.16. The number of alkyl halides is 1. The molecule has 0 N–H and O–H groups in total. The van der Waals surface area contributed by atoms with Crippen LogP contribution in [0.15, 0.2) is 24.3 Å². The highest BCUT2D eigenvalue weighted by molar-refractivity contribution is 9.09. The quantitative estimate of drug-likeness (QED) is 0.730.